The zero-order chi connectivity index (χ0) is 50.3. The summed E-state index contributed by atoms with van der Waals surface area (Å²) in [5.41, 5.74) is 6.05. The Morgan fingerprint density at radius 2 is 1.43 bits per heavy atom. The molecule has 0 radical (unpaired) electrons. The van der Waals surface area contributed by atoms with E-state index in [9.17, 15) is 14.4 Å². The summed E-state index contributed by atoms with van der Waals surface area (Å²) < 4.78 is 6.36. The van der Waals surface area contributed by atoms with Gasteiger partial charge in [0, 0.05) is 27.6 Å². The second-order valence-corrected chi connectivity index (χ2v) is 21.6. The first-order valence-corrected chi connectivity index (χ1v) is 26.6. The fraction of sp³-hybridized carbons (Fsp3) is 0.455. The Kier molecular flexibility index (Phi) is 21.1. The minimum atomic E-state index is -1.29. The summed E-state index contributed by atoms with van der Waals surface area (Å²) in [6.45, 7) is 15.8. The fourth-order valence-electron chi connectivity index (χ4n) is 7.79. The van der Waals surface area contributed by atoms with Crippen molar-refractivity contribution in [1.82, 2.24) is 10.7 Å². The molecular formula is C55H67Cl4N5O4S. The molecule has 0 saturated carbocycles. The second-order valence-electron chi connectivity index (χ2n) is 18.8. The lowest BCUT2D eigenvalue weighted by Gasteiger charge is -2.31. The quantitative estimate of drug-likeness (QED) is 0.0450. The number of amides is 3. The van der Waals surface area contributed by atoms with Gasteiger partial charge in [0.1, 0.15) is 22.5 Å². The lowest BCUT2D eigenvalue weighted by atomic mass is 9.76. The van der Waals surface area contributed by atoms with E-state index >= 15 is 0 Å². The number of ether oxygens (including phenoxy) is 1. The Morgan fingerprint density at radius 1 is 0.812 bits per heavy atom. The molecular weight excluding hydrogens is 969 g/mol. The Morgan fingerprint density at radius 3 is 2.06 bits per heavy atom. The molecule has 2 atom stereocenters. The van der Waals surface area contributed by atoms with Crippen LogP contribution in [-0.4, -0.2) is 41.5 Å². The van der Waals surface area contributed by atoms with Crippen LogP contribution in [-0.2, 0) is 20.4 Å². The molecule has 3 amide bonds. The van der Waals surface area contributed by atoms with Crippen molar-refractivity contribution >= 4 is 98.8 Å². The number of hydrazine groups is 1. The number of halogens is 4. The third-order valence-electron chi connectivity index (χ3n) is 12.9. The lowest BCUT2D eigenvalue weighted by Crippen LogP contribution is -2.36. The zero-order valence-corrected chi connectivity index (χ0v) is 44.8. The number of unbranched alkanes of at least 4 members (excludes halogenated alkanes) is 10. The largest absolute Gasteiger partial charge is 0.467 e. The molecule has 14 heteroatoms. The number of thioether (sulfide) groups is 1. The van der Waals surface area contributed by atoms with Gasteiger partial charge < -0.3 is 15.4 Å². The molecule has 0 aliphatic carbocycles. The summed E-state index contributed by atoms with van der Waals surface area (Å²) in [6, 6.07) is 20.9. The fourth-order valence-corrected chi connectivity index (χ4v) is 10.0. The van der Waals surface area contributed by atoms with Gasteiger partial charge in [0.2, 0.25) is 6.10 Å². The molecule has 370 valence electrons. The molecule has 3 N–H and O–H groups in total. The SMILES string of the molecule is C#CC(Oc1ccc(C(C)(C)CC)cc1C(C)(C)CC)C(=O)Nc1ccccc1SC1C(=O)N(c2c(Cl)cc(Cl)cc2Cl)NC1=Nc1cc(C(=O)NCCCCCCCCCCCCC)ccc1Cl. The van der Waals surface area contributed by atoms with Crippen molar-refractivity contribution in [3.8, 4) is 18.1 Å². The highest BCUT2D eigenvalue weighted by Gasteiger charge is 2.42. The molecule has 1 fully saturated rings. The van der Waals surface area contributed by atoms with E-state index in [1.165, 1.54) is 74.1 Å². The first-order chi connectivity index (χ1) is 32.9. The number of nitrogens with one attached hydrogen (secondary N) is 3. The van der Waals surface area contributed by atoms with Crippen molar-refractivity contribution in [3.05, 3.63) is 110 Å². The number of anilines is 2. The Hall–Kier alpha value is -4.37. The van der Waals surface area contributed by atoms with Crippen molar-refractivity contribution in [1.29, 1.82) is 0 Å². The maximum absolute atomic E-state index is 14.6. The van der Waals surface area contributed by atoms with Gasteiger partial charge in [-0.05, 0) is 84.2 Å². The molecule has 1 aliphatic heterocycles. The van der Waals surface area contributed by atoms with E-state index in [4.69, 9.17) is 62.6 Å². The Labute approximate surface area is 434 Å². The number of amidine groups is 1. The molecule has 1 heterocycles. The molecule has 69 heavy (non-hydrogen) atoms. The molecule has 1 aliphatic rings. The summed E-state index contributed by atoms with van der Waals surface area (Å²) in [6.07, 6.45) is 19.9. The van der Waals surface area contributed by atoms with Gasteiger partial charge >= 0.3 is 0 Å². The molecule has 1 saturated heterocycles. The van der Waals surface area contributed by atoms with Gasteiger partial charge in [0.25, 0.3) is 17.7 Å². The van der Waals surface area contributed by atoms with Gasteiger partial charge in [-0.25, -0.2) is 10.0 Å². The van der Waals surface area contributed by atoms with Crippen LogP contribution in [0.4, 0.5) is 17.1 Å². The molecule has 5 rings (SSSR count). The zero-order valence-electron chi connectivity index (χ0n) is 41.0. The average molecular weight is 1040 g/mol. The predicted octanol–water partition coefficient (Wildman–Crippen LogP) is 15.5. The smallest absolute Gasteiger partial charge is 0.278 e. The van der Waals surface area contributed by atoms with Crippen LogP contribution in [0, 0.1) is 12.3 Å². The summed E-state index contributed by atoms with van der Waals surface area (Å²) in [5.74, 6) is 1.93. The molecule has 0 aromatic heterocycles. The van der Waals surface area contributed by atoms with E-state index in [0.717, 1.165) is 49.4 Å². The van der Waals surface area contributed by atoms with Crippen LogP contribution in [0.1, 0.15) is 153 Å². The summed E-state index contributed by atoms with van der Waals surface area (Å²) in [7, 11) is 0. The normalized spacial score (nSPS) is 14.9. The van der Waals surface area contributed by atoms with Gasteiger partial charge in [-0.1, -0.05) is 189 Å². The van der Waals surface area contributed by atoms with E-state index in [-0.39, 0.29) is 54.0 Å². The van der Waals surface area contributed by atoms with Gasteiger partial charge in [-0.3, -0.25) is 19.8 Å². The van der Waals surface area contributed by atoms with Crippen LogP contribution in [0.5, 0.6) is 5.75 Å². The highest BCUT2D eigenvalue weighted by Crippen LogP contribution is 2.42. The van der Waals surface area contributed by atoms with Crippen molar-refractivity contribution in [2.75, 3.05) is 16.9 Å². The van der Waals surface area contributed by atoms with Crippen LogP contribution in [0.3, 0.4) is 0 Å². The predicted molar refractivity (Wildman–Crippen MR) is 290 cm³/mol. The van der Waals surface area contributed by atoms with Crippen molar-refractivity contribution in [2.24, 2.45) is 4.99 Å². The standard InChI is InChI=1S/C55H67Cl4N5O4S/c1-9-13-14-15-16-17-18-19-20-21-24-31-60-51(65)36-27-29-40(57)44(32-36)61-50-49(53(67)64(63-50)48-41(58)34-38(56)35-42(48)59)69-47-26-23-22-25-43(47)62-52(66)45(10-2)68-46-30-28-37(54(5,6)11-3)33-39(46)55(7,8)12-4/h2,22-23,25-30,32-35,45,49H,9,11-21,24,31H2,1,3-8H3,(H,60,65)(H,61,63)(H,62,66). The van der Waals surface area contributed by atoms with Crippen LogP contribution < -0.4 is 25.8 Å². The first kappa shape index (κ1) is 55.6. The van der Waals surface area contributed by atoms with Gasteiger partial charge in [-0.2, -0.15) is 0 Å². The summed E-state index contributed by atoms with van der Waals surface area (Å²) in [4.78, 5) is 47.4. The third-order valence-corrected chi connectivity index (χ3v) is 15.3. The number of terminal acetylenes is 1. The molecule has 4 aromatic rings. The molecule has 9 nitrogen and oxygen atoms in total. The summed E-state index contributed by atoms with van der Waals surface area (Å²) in [5, 5.41) is 6.92. The number of carbonyl (C=O) groups excluding carboxylic acids is 3. The molecule has 2 unspecified atom stereocenters. The number of rotatable bonds is 25. The number of aliphatic imine (C=N–C) groups is 1. The average Bonchev–Trinajstić information content (AvgIpc) is 3.61. The van der Waals surface area contributed by atoms with Crippen molar-refractivity contribution in [2.45, 2.75) is 159 Å². The molecule has 4 aromatic carbocycles. The molecule has 0 spiro atoms. The number of hydrogen-bond donors (Lipinski definition) is 3. The Bertz CT molecular complexity index is 2480. The van der Waals surface area contributed by atoms with E-state index < -0.39 is 23.2 Å². The maximum atomic E-state index is 14.6. The van der Waals surface area contributed by atoms with Crippen LogP contribution in [0.25, 0.3) is 0 Å². The number of para-hydroxylation sites is 1. The lowest BCUT2D eigenvalue weighted by molar-refractivity contribution is -0.120. The van der Waals surface area contributed by atoms with E-state index in [1.807, 2.05) is 12.1 Å². The topological polar surface area (TPSA) is 112 Å². The van der Waals surface area contributed by atoms with Gasteiger partial charge in [0.15, 0.2) is 0 Å². The number of nitrogens with zero attached hydrogens (tertiary/aromatic N) is 2. The maximum Gasteiger partial charge on any atom is 0.278 e. The second kappa shape index (κ2) is 26.2. The Balaban J connectivity index is 1.37. The van der Waals surface area contributed by atoms with Crippen LogP contribution in [0.2, 0.25) is 20.1 Å². The van der Waals surface area contributed by atoms with Crippen molar-refractivity contribution in [3.63, 3.8) is 0 Å². The number of hydrogen-bond acceptors (Lipinski definition) is 6. The summed E-state index contributed by atoms with van der Waals surface area (Å²) >= 11 is 27.4. The highest BCUT2D eigenvalue weighted by atomic mass is 35.5. The van der Waals surface area contributed by atoms with Crippen LogP contribution in [0.15, 0.2) is 82.7 Å². The molecule has 0 bridgehead atoms. The minimum Gasteiger partial charge on any atom is -0.467 e. The van der Waals surface area contributed by atoms with Crippen LogP contribution >= 0.6 is 58.2 Å². The monoisotopic (exact) mass is 1030 g/mol. The minimum absolute atomic E-state index is 0.0646. The van der Waals surface area contributed by atoms with E-state index in [1.54, 1.807) is 42.5 Å². The van der Waals surface area contributed by atoms with Gasteiger partial charge in [0.05, 0.1) is 26.4 Å². The third kappa shape index (κ3) is 15.1. The number of carbonyl (C=O) groups is 3. The van der Waals surface area contributed by atoms with E-state index in [2.05, 4.69) is 76.5 Å². The van der Waals surface area contributed by atoms with Gasteiger partial charge in [-0.15, -0.1) is 18.2 Å². The highest BCUT2D eigenvalue weighted by molar-refractivity contribution is 8.01. The van der Waals surface area contributed by atoms with Crippen molar-refractivity contribution < 1.29 is 19.1 Å². The number of benzene rings is 4. The first-order valence-electron chi connectivity index (χ1n) is 24.2. The van der Waals surface area contributed by atoms with E-state index in [0.29, 0.717) is 28.4 Å².